The highest BCUT2D eigenvalue weighted by atomic mass is 16.5. The molecule has 3 aromatic rings. The van der Waals surface area contributed by atoms with Crippen molar-refractivity contribution in [1.29, 1.82) is 0 Å². The third-order valence-corrected chi connectivity index (χ3v) is 3.73. The van der Waals surface area contributed by atoms with E-state index >= 15 is 0 Å². The molecule has 0 radical (unpaired) electrons. The second-order valence-corrected chi connectivity index (χ2v) is 5.56. The molecular formula is C20H19N3O3. The molecule has 26 heavy (non-hydrogen) atoms. The number of nitrogens with one attached hydrogen (secondary N) is 1. The average Bonchev–Trinajstić information content (AvgIpc) is 2.72. The van der Waals surface area contributed by atoms with Gasteiger partial charge in [0.1, 0.15) is 12.4 Å². The molecule has 0 spiro atoms. The van der Waals surface area contributed by atoms with Gasteiger partial charge in [-0.1, -0.05) is 6.07 Å². The van der Waals surface area contributed by atoms with Crippen LogP contribution in [0.2, 0.25) is 0 Å². The Labute approximate surface area is 151 Å². The molecular weight excluding hydrogens is 330 g/mol. The number of amides is 1. The third-order valence-electron chi connectivity index (χ3n) is 3.73. The van der Waals surface area contributed by atoms with Crippen molar-refractivity contribution in [2.75, 3.05) is 7.11 Å². The van der Waals surface area contributed by atoms with Crippen LogP contribution in [0.5, 0.6) is 11.6 Å². The van der Waals surface area contributed by atoms with E-state index in [9.17, 15) is 4.79 Å². The summed E-state index contributed by atoms with van der Waals surface area (Å²) in [7, 11) is 1.56. The Hall–Kier alpha value is -3.41. The lowest BCUT2D eigenvalue weighted by Crippen LogP contribution is -2.22. The lowest BCUT2D eigenvalue weighted by molar-refractivity contribution is 0.0951. The molecule has 2 heterocycles. The molecule has 1 amide bonds. The van der Waals surface area contributed by atoms with E-state index in [1.807, 2.05) is 18.2 Å². The first kappa shape index (κ1) is 17.4. The van der Waals surface area contributed by atoms with Crippen LogP contribution < -0.4 is 14.8 Å². The summed E-state index contributed by atoms with van der Waals surface area (Å²) in [6.07, 6.45) is 5.13. The maximum atomic E-state index is 12.2. The molecule has 0 saturated carbocycles. The summed E-state index contributed by atoms with van der Waals surface area (Å²) in [5.74, 6) is 1.10. The number of carbonyl (C=O) groups is 1. The Kier molecular flexibility index (Phi) is 5.77. The number of nitrogens with zero attached hydrogens (tertiary/aromatic N) is 2. The first-order valence-electron chi connectivity index (χ1n) is 8.13. The van der Waals surface area contributed by atoms with Crippen LogP contribution in [0.25, 0.3) is 0 Å². The second kappa shape index (κ2) is 8.62. The molecule has 1 N–H and O–H groups in total. The Morgan fingerprint density at radius 3 is 2.42 bits per heavy atom. The smallest absolute Gasteiger partial charge is 0.251 e. The van der Waals surface area contributed by atoms with Crippen molar-refractivity contribution in [3.63, 3.8) is 0 Å². The highest BCUT2D eigenvalue weighted by molar-refractivity contribution is 5.94. The topological polar surface area (TPSA) is 73.3 Å². The molecule has 132 valence electrons. The van der Waals surface area contributed by atoms with Crippen LogP contribution in [0.1, 0.15) is 21.5 Å². The molecule has 6 nitrogen and oxygen atoms in total. The third kappa shape index (κ3) is 4.80. The van der Waals surface area contributed by atoms with Crippen molar-refractivity contribution in [3.8, 4) is 11.6 Å². The van der Waals surface area contributed by atoms with Crippen molar-refractivity contribution < 1.29 is 14.3 Å². The van der Waals surface area contributed by atoms with Gasteiger partial charge < -0.3 is 14.8 Å². The summed E-state index contributed by atoms with van der Waals surface area (Å²) in [6, 6.07) is 14.5. The maximum Gasteiger partial charge on any atom is 0.251 e. The number of pyridine rings is 2. The minimum atomic E-state index is -0.151. The molecule has 0 bridgehead atoms. The lowest BCUT2D eigenvalue weighted by Gasteiger charge is -2.08. The number of rotatable bonds is 7. The van der Waals surface area contributed by atoms with Gasteiger partial charge in [-0.2, -0.15) is 0 Å². The van der Waals surface area contributed by atoms with Crippen LogP contribution in [0.4, 0.5) is 0 Å². The van der Waals surface area contributed by atoms with Gasteiger partial charge in [-0.25, -0.2) is 4.98 Å². The lowest BCUT2D eigenvalue weighted by atomic mass is 10.2. The van der Waals surface area contributed by atoms with Crippen LogP contribution in [0.15, 0.2) is 67.1 Å². The van der Waals surface area contributed by atoms with E-state index in [1.165, 1.54) is 0 Å². The number of hydrogen-bond acceptors (Lipinski definition) is 5. The van der Waals surface area contributed by atoms with Gasteiger partial charge in [0.05, 0.1) is 7.11 Å². The first-order chi connectivity index (χ1) is 12.7. The van der Waals surface area contributed by atoms with E-state index in [1.54, 1.807) is 56.0 Å². The van der Waals surface area contributed by atoms with Crippen LogP contribution >= 0.6 is 0 Å². The molecule has 0 unspecified atom stereocenters. The van der Waals surface area contributed by atoms with Gasteiger partial charge in [0.25, 0.3) is 5.91 Å². The minimum Gasteiger partial charge on any atom is -0.489 e. The van der Waals surface area contributed by atoms with Gasteiger partial charge in [0.2, 0.25) is 5.88 Å². The summed E-state index contributed by atoms with van der Waals surface area (Å²) < 4.78 is 10.7. The van der Waals surface area contributed by atoms with Crippen molar-refractivity contribution in [2.24, 2.45) is 0 Å². The summed E-state index contributed by atoms with van der Waals surface area (Å²) in [6.45, 7) is 0.856. The van der Waals surface area contributed by atoms with Gasteiger partial charge in [0.15, 0.2) is 0 Å². The number of hydrogen-bond donors (Lipinski definition) is 1. The van der Waals surface area contributed by atoms with Crippen LogP contribution in [-0.2, 0) is 13.2 Å². The van der Waals surface area contributed by atoms with Crippen LogP contribution in [0.3, 0.4) is 0 Å². The van der Waals surface area contributed by atoms with Crippen molar-refractivity contribution in [2.45, 2.75) is 13.2 Å². The van der Waals surface area contributed by atoms with Crippen molar-refractivity contribution >= 4 is 5.91 Å². The second-order valence-electron chi connectivity index (χ2n) is 5.56. The normalized spacial score (nSPS) is 10.2. The fourth-order valence-corrected chi connectivity index (χ4v) is 2.27. The Morgan fingerprint density at radius 2 is 1.77 bits per heavy atom. The van der Waals surface area contributed by atoms with E-state index in [2.05, 4.69) is 15.3 Å². The standard InChI is InChI=1S/C20H19N3O3/c1-25-19-7-2-16(12-22-19)13-23-20(24)17-3-5-18(6-4-17)26-14-15-8-10-21-11-9-15/h2-12H,13-14H2,1H3,(H,23,24). The Morgan fingerprint density at radius 1 is 1.00 bits per heavy atom. The van der Waals surface area contributed by atoms with Crippen molar-refractivity contribution in [3.05, 3.63) is 83.8 Å². The predicted octanol–water partition coefficient (Wildman–Crippen LogP) is 2.99. The zero-order valence-corrected chi connectivity index (χ0v) is 14.4. The number of aromatic nitrogens is 2. The molecule has 0 saturated heterocycles. The molecule has 3 rings (SSSR count). The molecule has 0 fully saturated rings. The minimum absolute atomic E-state index is 0.151. The van der Waals surface area contributed by atoms with Gasteiger partial charge in [-0.3, -0.25) is 9.78 Å². The summed E-state index contributed by atoms with van der Waals surface area (Å²) >= 11 is 0. The molecule has 0 aliphatic heterocycles. The first-order valence-corrected chi connectivity index (χ1v) is 8.13. The quantitative estimate of drug-likeness (QED) is 0.710. The largest absolute Gasteiger partial charge is 0.489 e. The molecule has 0 aliphatic carbocycles. The van der Waals surface area contributed by atoms with Crippen molar-refractivity contribution in [1.82, 2.24) is 15.3 Å². The monoisotopic (exact) mass is 349 g/mol. The van der Waals surface area contributed by atoms with E-state index in [-0.39, 0.29) is 5.91 Å². The summed E-state index contributed by atoms with van der Waals surface area (Å²) in [5, 5.41) is 2.86. The maximum absolute atomic E-state index is 12.2. The van der Waals surface area contributed by atoms with E-state index in [4.69, 9.17) is 9.47 Å². The number of carbonyl (C=O) groups excluding carboxylic acids is 1. The molecule has 2 aromatic heterocycles. The van der Waals surface area contributed by atoms with Gasteiger partial charge >= 0.3 is 0 Å². The molecule has 6 heteroatoms. The molecule has 0 aliphatic rings. The number of ether oxygens (including phenoxy) is 2. The zero-order chi connectivity index (χ0) is 18.2. The molecule has 1 aromatic carbocycles. The summed E-state index contributed by atoms with van der Waals surface area (Å²) in [5.41, 5.74) is 2.51. The zero-order valence-electron chi connectivity index (χ0n) is 14.4. The predicted molar refractivity (Wildman–Crippen MR) is 97.0 cm³/mol. The highest BCUT2D eigenvalue weighted by Gasteiger charge is 2.06. The fourth-order valence-electron chi connectivity index (χ4n) is 2.27. The number of benzene rings is 1. The van der Waals surface area contributed by atoms with Crippen LogP contribution in [0, 0.1) is 0 Å². The van der Waals surface area contributed by atoms with Gasteiger partial charge in [-0.05, 0) is 47.5 Å². The van der Waals surface area contributed by atoms with Crippen LogP contribution in [-0.4, -0.2) is 23.0 Å². The highest BCUT2D eigenvalue weighted by Crippen LogP contribution is 2.14. The average molecular weight is 349 g/mol. The summed E-state index contributed by atoms with van der Waals surface area (Å²) in [4.78, 5) is 20.3. The number of methoxy groups -OCH3 is 1. The van der Waals surface area contributed by atoms with Gasteiger partial charge in [-0.15, -0.1) is 0 Å². The molecule has 0 atom stereocenters. The van der Waals surface area contributed by atoms with E-state index in [0.29, 0.717) is 30.3 Å². The Balaban J connectivity index is 1.51. The van der Waals surface area contributed by atoms with Gasteiger partial charge in [0, 0.05) is 36.8 Å². The van der Waals surface area contributed by atoms with E-state index in [0.717, 1.165) is 11.1 Å². The fraction of sp³-hybridized carbons (Fsp3) is 0.150. The SMILES string of the molecule is COc1ccc(CNC(=O)c2ccc(OCc3ccncc3)cc2)cn1. The Bertz CT molecular complexity index is 834. The van der Waals surface area contributed by atoms with E-state index < -0.39 is 0 Å².